The summed E-state index contributed by atoms with van der Waals surface area (Å²) in [5.74, 6) is 2.13. The van der Waals surface area contributed by atoms with E-state index in [1.165, 1.54) is 0 Å². The minimum atomic E-state index is 0.655. The van der Waals surface area contributed by atoms with Crippen LogP contribution in [0.2, 0.25) is 0 Å². The summed E-state index contributed by atoms with van der Waals surface area (Å²) in [7, 11) is 1.62. The third-order valence-electron chi connectivity index (χ3n) is 2.92. The van der Waals surface area contributed by atoms with Crippen molar-refractivity contribution in [3.8, 4) is 17.2 Å². The third-order valence-corrected chi connectivity index (χ3v) is 2.92. The van der Waals surface area contributed by atoms with Crippen LogP contribution in [-0.2, 0) is 6.54 Å². The van der Waals surface area contributed by atoms with E-state index in [4.69, 9.17) is 15.2 Å². The lowest BCUT2D eigenvalue weighted by molar-refractivity contribution is 0.377. The lowest BCUT2D eigenvalue weighted by Crippen LogP contribution is -2.08. The van der Waals surface area contributed by atoms with Gasteiger partial charge in [0.05, 0.1) is 19.0 Å². The van der Waals surface area contributed by atoms with E-state index < -0.39 is 0 Å². The first kappa shape index (κ1) is 13.4. The van der Waals surface area contributed by atoms with Gasteiger partial charge in [0.2, 0.25) is 0 Å². The summed E-state index contributed by atoms with van der Waals surface area (Å²) >= 11 is 0. The summed E-state index contributed by atoms with van der Waals surface area (Å²) in [6, 6.07) is 7.55. The van der Waals surface area contributed by atoms with Crippen molar-refractivity contribution in [1.29, 1.82) is 0 Å². The number of para-hydroxylation sites is 2. The van der Waals surface area contributed by atoms with Gasteiger partial charge in [-0.2, -0.15) is 5.10 Å². The van der Waals surface area contributed by atoms with Crippen molar-refractivity contribution in [2.45, 2.75) is 19.9 Å². The summed E-state index contributed by atoms with van der Waals surface area (Å²) < 4.78 is 13.0. The number of nitrogens with two attached hydrogens (primary N) is 1. The molecule has 0 spiro atoms. The van der Waals surface area contributed by atoms with Crippen LogP contribution in [0.4, 0.5) is 0 Å². The van der Waals surface area contributed by atoms with Gasteiger partial charge in [-0.05, 0) is 32.0 Å². The predicted molar refractivity (Wildman–Crippen MR) is 73.7 cm³/mol. The van der Waals surface area contributed by atoms with Crippen molar-refractivity contribution >= 4 is 0 Å². The normalized spacial score (nSPS) is 10.5. The topological polar surface area (TPSA) is 62.3 Å². The molecule has 1 aromatic heterocycles. The largest absolute Gasteiger partial charge is 0.493 e. The minimum absolute atomic E-state index is 0.655. The number of rotatable bonds is 6. The Bertz CT molecular complexity index is 537. The molecule has 2 aromatic rings. The van der Waals surface area contributed by atoms with Gasteiger partial charge in [0.1, 0.15) is 0 Å². The Morgan fingerprint density at radius 3 is 2.63 bits per heavy atom. The van der Waals surface area contributed by atoms with Gasteiger partial charge in [-0.25, -0.2) is 0 Å². The average Bonchev–Trinajstić information content (AvgIpc) is 2.78. The zero-order chi connectivity index (χ0) is 13.7. The molecule has 0 bridgehead atoms. The number of methoxy groups -OCH3 is 1. The van der Waals surface area contributed by atoms with Crippen LogP contribution in [0.3, 0.4) is 0 Å². The number of benzene rings is 1. The Hall–Kier alpha value is -2.01. The Balaban J connectivity index is 2.17. The van der Waals surface area contributed by atoms with Crippen molar-refractivity contribution < 1.29 is 9.47 Å². The molecule has 0 aliphatic carbocycles. The molecule has 0 saturated heterocycles. The number of ether oxygens (including phenoxy) is 2. The van der Waals surface area contributed by atoms with Crippen LogP contribution in [0.25, 0.3) is 0 Å². The molecule has 19 heavy (non-hydrogen) atoms. The van der Waals surface area contributed by atoms with E-state index in [2.05, 4.69) is 5.10 Å². The van der Waals surface area contributed by atoms with Gasteiger partial charge in [0.25, 0.3) is 0 Å². The average molecular weight is 261 g/mol. The van der Waals surface area contributed by atoms with E-state index in [9.17, 15) is 0 Å². The van der Waals surface area contributed by atoms with E-state index in [1.807, 2.05) is 35.9 Å². The Labute approximate surface area is 112 Å². The van der Waals surface area contributed by atoms with E-state index >= 15 is 0 Å². The molecule has 5 nitrogen and oxygen atoms in total. The minimum Gasteiger partial charge on any atom is -0.493 e. The molecule has 2 rings (SSSR count). The predicted octanol–water partition coefficient (Wildman–Crippen LogP) is 2.34. The van der Waals surface area contributed by atoms with Crippen LogP contribution in [0.15, 0.2) is 30.5 Å². The van der Waals surface area contributed by atoms with Gasteiger partial charge in [-0.3, -0.25) is 4.68 Å². The summed E-state index contributed by atoms with van der Waals surface area (Å²) in [5, 5.41) is 4.30. The van der Waals surface area contributed by atoms with Crippen LogP contribution in [-0.4, -0.2) is 23.4 Å². The Morgan fingerprint density at radius 2 is 1.95 bits per heavy atom. The molecule has 0 atom stereocenters. The molecule has 1 aromatic carbocycles. The van der Waals surface area contributed by atoms with Gasteiger partial charge < -0.3 is 15.2 Å². The molecule has 1 heterocycles. The lowest BCUT2D eigenvalue weighted by atomic mass is 10.3. The van der Waals surface area contributed by atoms with Gasteiger partial charge in [-0.15, -0.1) is 0 Å². The summed E-state index contributed by atoms with van der Waals surface area (Å²) in [6.45, 7) is 3.44. The van der Waals surface area contributed by atoms with Crippen LogP contribution < -0.4 is 15.2 Å². The van der Waals surface area contributed by atoms with Gasteiger partial charge in [0.15, 0.2) is 17.2 Å². The van der Waals surface area contributed by atoms with E-state index in [0.717, 1.165) is 24.4 Å². The van der Waals surface area contributed by atoms with Crippen molar-refractivity contribution in [2.24, 2.45) is 5.73 Å². The van der Waals surface area contributed by atoms with Crippen molar-refractivity contribution in [3.63, 3.8) is 0 Å². The Morgan fingerprint density at radius 1 is 1.21 bits per heavy atom. The maximum Gasteiger partial charge on any atom is 0.169 e. The number of aromatic nitrogens is 2. The first-order chi connectivity index (χ1) is 9.26. The van der Waals surface area contributed by atoms with Crippen LogP contribution >= 0.6 is 0 Å². The fourth-order valence-electron chi connectivity index (χ4n) is 1.82. The van der Waals surface area contributed by atoms with E-state index in [1.54, 1.807) is 13.3 Å². The molecule has 5 heteroatoms. The molecule has 0 fully saturated rings. The maximum atomic E-state index is 5.85. The van der Waals surface area contributed by atoms with E-state index in [-0.39, 0.29) is 0 Å². The van der Waals surface area contributed by atoms with E-state index in [0.29, 0.717) is 18.0 Å². The molecular weight excluding hydrogens is 242 g/mol. The zero-order valence-electron chi connectivity index (χ0n) is 11.3. The zero-order valence-corrected chi connectivity index (χ0v) is 11.3. The molecule has 0 aliphatic heterocycles. The fraction of sp³-hybridized carbons (Fsp3) is 0.357. The standard InChI is InChI=1S/C14H19N3O2/c1-11-14(10-16-17(11)9-5-8-15)19-13-7-4-3-6-12(13)18-2/h3-4,6-7,10H,5,8-9,15H2,1-2H3. The van der Waals surface area contributed by atoms with Crippen LogP contribution in [0.5, 0.6) is 17.2 Å². The molecule has 0 aliphatic rings. The molecular formula is C14H19N3O2. The van der Waals surface area contributed by atoms with Crippen molar-refractivity contribution in [1.82, 2.24) is 9.78 Å². The molecule has 102 valence electrons. The molecule has 0 radical (unpaired) electrons. The number of nitrogens with zero attached hydrogens (tertiary/aromatic N) is 2. The summed E-state index contributed by atoms with van der Waals surface area (Å²) in [6.07, 6.45) is 2.62. The highest BCUT2D eigenvalue weighted by atomic mass is 16.5. The van der Waals surface area contributed by atoms with Crippen molar-refractivity contribution in [2.75, 3.05) is 13.7 Å². The Kier molecular flexibility index (Phi) is 4.41. The highest BCUT2D eigenvalue weighted by Crippen LogP contribution is 2.32. The molecule has 0 amide bonds. The third kappa shape index (κ3) is 3.06. The highest BCUT2D eigenvalue weighted by Gasteiger charge is 2.10. The first-order valence-corrected chi connectivity index (χ1v) is 6.29. The number of hydrogen-bond acceptors (Lipinski definition) is 4. The number of aryl methyl sites for hydroxylation is 1. The molecule has 0 unspecified atom stereocenters. The summed E-state index contributed by atoms with van der Waals surface area (Å²) in [5.41, 5.74) is 6.49. The second-order valence-electron chi connectivity index (χ2n) is 4.21. The highest BCUT2D eigenvalue weighted by molar-refractivity contribution is 5.43. The van der Waals surface area contributed by atoms with Crippen molar-refractivity contribution in [3.05, 3.63) is 36.2 Å². The SMILES string of the molecule is COc1ccccc1Oc1cnn(CCCN)c1C. The second kappa shape index (κ2) is 6.24. The quantitative estimate of drug-likeness (QED) is 0.867. The first-order valence-electron chi connectivity index (χ1n) is 6.29. The van der Waals surface area contributed by atoms with Gasteiger partial charge in [0, 0.05) is 6.54 Å². The summed E-state index contributed by atoms with van der Waals surface area (Å²) in [4.78, 5) is 0. The second-order valence-corrected chi connectivity index (χ2v) is 4.21. The van der Waals surface area contributed by atoms with Crippen LogP contribution in [0.1, 0.15) is 12.1 Å². The molecule has 0 saturated carbocycles. The smallest absolute Gasteiger partial charge is 0.169 e. The fourth-order valence-corrected chi connectivity index (χ4v) is 1.82. The lowest BCUT2D eigenvalue weighted by Gasteiger charge is -2.09. The van der Waals surface area contributed by atoms with Crippen LogP contribution in [0, 0.1) is 6.92 Å². The van der Waals surface area contributed by atoms with Gasteiger partial charge >= 0.3 is 0 Å². The monoisotopic (exact) mass is 261 g/mol. The number of hydrogen-bond donors (Lipinski definition) is 1. The maximum absolute atomic E-state index is 5.85. The van der Waals surface area contributed by atoms with Gasteiger partial charge in [-0.1, -0.05) is 12.1 Å². The molecule has 2 N–H and O–H groups in total.